The first-order valence-electron chi connectivity index (χ1n) is 4.58. The van der Waals surface area contributed by atoms with Crippen LogP contribution in [0, 0.1) is 0 Å². The van der Waals surface area contributed by atoms with Gasteiger partial charge < -0.3 is 10.2 Å². The fraction of sp³-hybridized carbons (Fsp3) is 0.300. The van der Waals surface area contributed by atoms with Gasteiger partial charge in [0.25, 0.3) is 0 Å². The summed E-state index contributed by atoms with van der Waals surface area (Å²) in [6.07, 6.45) is -0.328. The Labute approximate surface area is 91.5 Å². The summed E-state index contributed by atoms with van der Waals surface area (Å²) in [6.45, 7) is 0. The number of rotatable bonds is 3. The van der Waals surface area contributed by atoms with Gasteiger partial charge in [-0.15, -0.1) is 11.6 Å². The minimum atomic E-state index is -0.983. The van der Waals surface area contributed by atoms with Crippen LogP contribution >= 0.6 is 11.6 Å². The number of aliphatic hydroxyl groups is 2. The molecule has 2 unspecified atom stereocenters. The number of aliphatic hydroxyl groups excluding tert-OH is 2. The highest BCUT2D eigenvalue weighted by Gasteiger charge is 2.19. The molecule has 3 N–H and O–H groups in total. The van der Waals surface area contributed by atoms with Crippen LogP contribution in [0.4, 0.5) is 0 Å². The van der Waals surface area contributed by atoms with Crippen LogP contribution in [-0.2, 0) is 0 Å². The number of alkyl halides is 1. The second-order valence-electron chi connectivity index (χ2n) is 3.34. The zero-order chi connectivity index (χ0) is 10.8. The first-order valence-corrected chi connectivity index (χ1v) is 5.11. The van der Waals surface area contributed by atoms with Crippen molar-refractivity contribution in [2.24, 2.45) is 0 Å². The maximum absolute atomic E-state index is 9.83. The highest BCUT2D eigenvalue weighted by molar-refractivity contribution is 6.18. The Morgan fingerprint density at radius 3 is 2.93 bits per heavy atom. The first kappa shape index (κ1) is 10.4. The molecular weight excluding hydrogens is 216 g/mol. The third-order valence-corrected chi connectivity index (χ3v) is 2.68. The van der Waals surface area contributed by atoms with E-state index in [0.717, 1.165) is 10.9 Å². The first-order chi connectivity index (χ1) is 7.24. The number of fused-ring (bicyclic) bond motifs is 1. The zero-order valence-electron chi connectivity index (χ0n) is 7.89. The molecule has 80 valence electrons. The molecule has 0 spiro atoms. The molecule has 15 heavy (non-hydrogen) atoms. The van der Waals surface area contributed by atoms with Crippen molar-refractivity contribution in [1.82, 2.24) is 10.2 Å². The Morgan fingerprint density at radius 2 is 2.20 bits per heavy atom. The van der Waals surface area contributed by atoms with Crippen molar-refractivity contribution in [3.05, 3.63) is 30.0 Å². The summed E-state index contributed by atoms with van der Waals surface area (Å²) in [5.74, 6) is -0.00456. The normalized spacial score (nSPS) is 15.4. The lowest BCUT2D eigenvalue weighted by Crippen LogP contribution is -2.19. The number of nitrogens with zero attached hydrogens (tertiary/aromatic N) is 1. The highest BCUT2D eigenvalue weighted by atomic mass is 35.5. The van der Waals surface area contributed by atoms with Gasteiger partial charge in [-0.3, -0.25) is 5.10 Å². The number of aromatic nitrogens is 2. The molecule has 0 amide bonds. The summed E-state index contributed by atoms with van der Waals surface area (Å²) in [6, 6.07) is 5.39. The lowest BCUT2D eigenvalue weighted by Gasteiger charge is -2.16. The molecular formula is C10H11ClN2O2. The van der Waals surface area contributed by atoms with E-state index in [-0.39, 0.29) is 5.88 Å². The fourth-order valence-electron chi connectivity index (χ4n) is 1.54. The van der Waals surface area contributed by atoms with Crippen LogP contribution in [0.5, 0.6) is 0 Å². The summed E-state index contributed by atoms with van der Waals surface area (Å²) in [5.41, 5.74) is 1.46. The van der Waals surface area contributed by atoms with Crippen molar-refractivity contribution in [3.8, 4) is 0 Å². The van der Waals surface area contributed by atoms with Gasteiger partial charge >= 0.3 is 0 Å². The van der Waals surface area contributed by atoms with E-state index in [2.05, 4.69) is 10.2 Å². The van der Waals surface area contributed by atoms with E-state index in [4.69, 9.17) is 11.6 Å². The van der Waals surface area contributed by atoms with Crippen molar-refractivity contribution < 1.29 is 10.2 Å². The molecule has 1 aromatic carbocycles. The number of hydrogen-bond acceptors (Lipinski definition) is 3. The molecule has 0 aliphatic rings. The van der Waals surface area contributed by atoms with Gasteiger partial charge in [-0.05, 0) is 11.6 Å². The topological polar surface area (TPSA) is 69.1 Å². The standard InChI is InChI=1S/C10H11ClN2O2/c11-4-9(14)10(15)6-2-1-3-8-7(6)5-12-13-8/h1-3,5,9-10,14-15H,4H2,(H,12,13). The minimum absolute atomic E-state index is 0.00456. The number of nitrogens with one attached hydrogen (secondary N) is 1. The van der Waals surface area contributed by atoms with Crippen LogP contribution in [0.15, 0.2) is 24.4 Å². The van der Waals surface area contributed by atoms with Gasteiger partial charge in [0.1, 0.15) is 6.10 Å². The van der Waals surface area contributed by atoms with Gasteiger partial charge in [0.15, 0.2) is 0 Å². The van der Waals surface area contributed by atoms with Crippen LogP contribution in [0.2, 0.25) is 0 Å². The maximum Gasteiger partial charge on any atom is 0.107 e. The molecule has 4 nitrogen and oxygen atoms in total. The molecule has 1 heterocycles. The Hall–Kier alpha value is -1.10. The lowest BCUT2D eigenvalue weighted by molar-refractivity contribution is 0.0336. The SMILES string of the molecule is OC(CCl)C(O)c1cccc2[nH]ncc12. The Morgan fingerprint density at radius 1 is 1.40 bits per heavy atom. The molecule has 0 fully saturated rings. The van der Waals surface area contributed by atoms with Gasteiger partial charge in [0.05, 0.1) is 23.7 Å². The monoisotopic (exact) mass is 226 g/mol. The third kappa shape index (κ3) is 1.84. The number of benzene rings is 1. The largest absolute Gasteiger partial charge is 0.389 e. The molecule has 5 heteroatoms. The van der Waals surface area contributed by atoms with Crippen LogP contribution in [0.1, 0.15) is 11.7 Å². The van der Waals surface area contributed by atoms with Crippen molar-refractivity contribution >= 4 is 22.5 Å². The summed E-state index contributed by atoms with van der Waals surface area (Å²) in [4.78, 5) is 0. The second kappa shape index (κ2) is 4.18. The molecule has 2 aromatic rings. The molecule has 1 aromatic heterocycles. The quantitative estimate of drug-likeness (QED) is 0.689. The van der Waals surface area contributed by atoms with E-state index in [1.807, 2.05) is 6.07 Å². The Kier molecular flexibility index (Phi) is 2.90. The van der Waals surface area contributed by atoms with E-state index >= 15 is 0 Å². The average molecular weight is 227 g/mol. The fourth-order valence-corrected chi connectivity index (χ4v) is 1.71. The van der Waals surface area contributed by atoms with Gasteiger partial charge in [0.2, 0.25) is 0 Å². The van der Waals surface area contributed by atoms with E-state index in [1.165, 1.54) is 0 Å². The van der Waals surface area contributed by atoms with Crippen molar-refractivity contribution in [1.29, 1.82) is 0 Å². The highest BCUT2D eigenvalue weighted by Crippen LogP contribution is 2.25. The molecule has 0 radical (unpaired) electrons. The van der Waals surface area contributed by atoms with Crippen LogP contribution < -0.4 is 0 Å². The van der Waals surface area contributed by atoms with Crippen LogP contribution in [-0.4, -0.2) is 32.4 Å². The number of aromatic amines is 1. The van der Waals surface area contributed by atoms with Gasteiger partial charge in [-0.1, -0.05) is 12.1 Å². The molecule has 0 aliphatic carbocycles. The van der Waals surface area contributed by atoms with E-state index < -0.39 is 12.2 Å². The van der Waals surface area contributed by atoms with Gasteiger partial charge in [-0.2, -0.15) is 5.10 Å². The number of halogens is 1. The number of H-pyrrole nitrogens is 1. The van der Waals surface area contributed by atoms with Crippen molar-refractivity contribution in [2.45, 2.75) is 12.2 Å². The molecule has 0 bridgehead atoms. The maximum atomic E-state index is 9.83. The lowest BCUT2D eigenvalue weighted by atomic mass is 10.0. The summed E-state index contributed by atoms with van der Waals surface area (Å²) in [7, 11) is 0. The smallest absolute Gasteiger partial charge is 0.107 e. The van der Waals surface area contributed by atoms with E-state index in [0.29, 0.717) is 5.56 Å². The van der Waals surface area contributed by atoms with Crippen LogP contribution in [0.3, 0.4) is 0 Å². The zero-order valence-corrected chi connectivity index (χ0v) is 8.65. The van der Waals surface area contributed by atoms with Gasteiger partial charge in [-0.25, -0.2) is 0 Å². The molecule has 0 saturated carbocycles. The summed E-state index contributed by atoms with van der Waals surface area (Å²) >= 11 is 5.49. The van der Waals surface area contributed by atoms with Crippen LogP contribution in [0.25, 0.3) is 10.9 Å². The predicted molar refractivity (Wildman–Crippen MR) is 57.8 cm³/mol. The molecule has 2 atom stereocenters. The van der Waals surface area contributed by atoms with Gasteiger partial charge in [0, 0.05) is 5.39 Å². The molecule has 0 saturated heterocycles. The Bertz CT molecular complexity index is 457. The summed E-state index contributed by atoms with van der Waals surface area (Å²) in [5, 5.41) is 26.8. The average Bonchev–Trinajstić information content (AvgIpc) is 2.74. The minimum Gasteiger partial charge on any atom is -0.389 e. The molecule has 2 rings (SSSR count). The van der Waals surface area contributed by atoms with E-state index in [1.54, 1.807) is 18.3 Å². The second-order valence-corrected chi connectivity index (χ2v) is 3.65. The van der Waals surface area contributed by atoms with E-state index in [9.17, 15) is 10.2 Å². The van der Waals surface area contributed by atoms with Crippen molar-refractivity contribution in [3.63, 3.8) is 0 Å². The van der Waals surface area contributed by atoms with Crippen molar-refractivity contribution in [2.75, 3.05) is 5.88 Å². The summed E-state index contributed by atoms with van der Waals surface area (Å²) < 4.78 is 0. The third-order valence-electron chi connectivity index (χ3n) is 2.36. The Balaban J connectivity index is 2.46. The molecule has 0 aliphatic heterocycles. The number of hydrogen-bond donors (Lipinski definition) is 3. The predicted octanol–water partition coefficient (Wildman–Crippen LogP) is 1.20.